The van der Waals surface area contributed by atoms with Crippen molar-refractivity contribution >= 4 is 34.2 Å². The normalized spacial score (nSPS) is 13.1. The maximum absolute atomic E-state index is 13.2. The van der Waals surface area contributed by atoms with Gasteiger partial charge in [-0.25, -0.2) is 9.67 Å². The number of fused-ring (bicyclic) bond motifs is 2. The van der Waals surface area contributed by atoms with Crippen LogP contribution in [0.4, 0.5) is 5.69 Å². The fraction of sp³-hybridized carbons (Fsp3) is 0.136. The first-order valence-electron chi connectivity index (χ1n) is 9.14. The Bertz CT molecular complexity index is 1220. The Labute approximate surface area is 167 Å². The number of pyridine rings is 1. The predicted octanol–water partition coefficient (Wildman–Crippen LogP) is 4.59. The van der Waals surface area contributed by atoms with Gasteiger partial charge in [0.25, 0.3) is 5.91 Å². The van der Waals surface area contributed by atoms with Gasteiger partial charge in [0.15, 0.2) is 5.65 Å². The number of para-hydroxylation sites is 2. The molecule has 0 atom stereocenters. The predicted molar refractivity (Wildman–Crippen MR) is 110 cm³/mol. The van der Waals surface area contributed by atoms with E-state index in [2.05, 4.69) is 16.1 Å². The topological polar surface area (TPSA) is 51.0 Å². The Morgan fingerprint density at radius 1 is 1.07 bits per heavy atom. The molecule has 0 fully saturated rings. The maximum Gasteiger partial charge on any atom is 0.261 e. The van der Waals surface area contributed by atoms with Crippen molar-refractivity contribution in [2.75, 3.05) is 11.4 Å². The van der Waals surface area contributed by atoms with E-state index in [1.807, 2.05) is 55.5 Å². The summed E-state index contributed by atoms with van der Waals surface area (Å²) in [5, 5.41) is 5.71. The van der Waals surface area contributed by atoms with Crippen molar-refractivity contribution in [2.24, 2.45) is 0 Å². The smallest absolute Gasteiger partial charge is 0.261 e. The molecule has 6 heteroatoms. The monoisotopic (exact) mass is 388 g/mol. The molecule has 0 spiro atoms. The number of anilines is 1. The molecule has 0 aliphatic carbocycles. The molecule has 0 unspecified atom stereocenters. The fourth-order valence-corrected chi connectivity index (χ4v) is 4.15. The third-order valence-corrected chi connectivity index (χ3v) is 5.56. The summed E-state index contributed by atoms with van der Waals surface area (Å²) in [5.41, 5.74) is 4.81. The second-order valence-electron chi connectivity index (χ2n) is 6.85. The Morgan fingerprint density at radius 3 is 2.64 bits per heavy atom. The van der Waals surface area contributed by atoms with Crippen LogP contribution in [0.5, 0.6) is 0 Å². The molecule has 0 saturated heterocycles. The molecule has 0 bridgehead atoms. The van der Waals surface area contributed by atoms with E-state index >= 15 is 0 Å². The number of carbonyl (C=O) groups excluding carboxylic acids is 1. The van der Waals surface area contributed by atoms with Crippen LogP contribution >= 0.6 is 11.6 Å². The van der Waals surface area contributed by atoms with Crippen LogP contribution < -0.4 is 4.90 Å². The maximum atomic E-state index is 13.2. The zero-order valence-corrected chi connectivity index (χ0v) is 16.0. The fourth-order valence-electron chi connectivity index (χ4n) is 3.80. The van der Waals surface area contributed by atoms with E-state index in [9.17, 15) is 4.79 Å². The average molecular weight is 389 g/mol. The number of nitrogens with zero attached hydrogens (tertiary/aromatic N) is 4. The van der Waals surface area contributed by atoms with Crippen LogP contribution in [0.2, 0.25) is 5.02 Å². The summed E-state index contributed by atoms with van der Waals surface area (Å²) in [7, 11) is 0. The number of benzene rings is 2. The van der Waals surface area contributed by atoms with Gasteiger partial charge in [-0.15, -0.1) is 0 Å². The van der Waals surface area contributed by atoms with Gasteiger partial charge in [-0.05, 0) is 37.1 Å². The summed E-state index contributed by atoms with van der Waals surface area (Å²) in [6.07, 6.45) is 2.41. The van der Waals surface area contributed by atoms with Gasteiger partial charge in [0, 0.05) is 18.4 Å². The molecular formula is C22H17ClN4O. The van der Waals surface area contributed by atoms with Crippen LogP contribution in [0, 0.1) is 6.92 Å². The molecule has 138 valence electrons. The molecule has 0 saturated carbocycles. The van der Waals surface area contributed by atoms with Crippen molar-refractivity contribution in [1.82, 2.24) is 14.8 Å². The lowest BCUT2D eigenvalue weighted by Gasteiger charge is -2.18. The van der Waals surface area contributed by atoms with Crippen LogP contribution in [-0.2, 0) is 6.42 Å². The first kappa shape index (κ1) is 17.0. The molecule has 5 nitrogen and oxygen atoms in total. The second-order valence-corrected chi connectivity index (χ2v) is 7.23. The van der Waals surface area contributed by atoms with Crippen molar-refractivity contribution in [1.29, 1.82) is 0 Å². The highest BCUT2D eigenvalue weighted by Gasteiger charge is 2.28. The lowest BCUT2D eigenvalue weighted by atomic mass is 10.1. The zero-order valence-electron chi connectivity index (χ0n) is 15.3. The van der Waals surface area contributed by atoms with Gasteiger partial charge in [-0.2, -0.15) is 5.10 Å². The van der Waals surface area contributed by atoms with Crippen molar-refractivity contribution < 1.29 is 4.79 Å². The SMILES string of the molecule is Cc1nn(-c2ccccc2)c2ncc(C(=O)N3CCc4ccccc43)c(Cl)c12. The Hall–Kier alpha value is -3.18. The first-order chi connectivity index (χ1) is 13.6. The number of aromatic nitrogens is 3. The molecule has 1 amide bonds. The largest absolute Gasteiger partial charge is 0.308 e. The van der Waals surface area contributed by atoms with E-state index in [0.29, 0.717) is 28.2 Å². The van der Waals surface area contributed by atoms with Crippen molar-refractivity contribution in [3.05, 3.63) is 82.6 Å². The van der Waals surface area contributed by atoms with Crippen LogP contribution in [0.25, 0.3) is 16.7 Å². The van der Waals surface area contributed by atoms with Gasteiger partial charge in [0.2, 0.25) is 0 Å². The number of hydrogen-bond acceptors (Lipinski definition) is 3. The molecular weight excluding hydrogens is 372 g/mol. The average Bonchev–Trinajstić information content (AvgIpc) is 3.30. The van der Waals surface area contributed by atoms with E-state index in [-0.39, 0.29) is 5.91 Å². The minimum Gasteiger partial charge on any atom is -0.308 e. The molecule has 4 aromatic rings. The van der Waals surface area contributed by atoms with Gasteiger partial charge in [0.05, 0.1) is 27.4 Å². The summed E-state index contributed by atoms with van der Waals surface area (Å²) in [6, 6.07) is 17.7. The molecule has 28 heavy (non-hydrogen) atoms. The number of halogens is 1. The molecule has 0 radical (unpaired) electrons. The van der Waals surface area contributed by atoms with Crippen molar-refractivity contribution in [3.8, 4) is 5.69 Å². The standard InChI is InChI=1S/C22H17ClN4O/c1-14-19-20(23)17(22(28)26-12-11-15-7-5-6-10-18(15)26)13-24-21(19)27(25-14)16-8-3-2-4-9-16/h2-10,13H,11-12H2,1H3. The minimum absolute atomic E-state index is 0.129. The third-order valence-electron chi connectivity index (χ3n) is 5.17. The number of hydrogen-bond donors (Lipinski definition) is 0. The minimum atomic E-state index is -0.129. The Kier molecular flexibility index (Phi) is 3.91. The highest BCUT2D eigenvalue weighted by Crippen LogP contribution is 2.34. The number of aryl methyl sites for hydroxylation is 1. The van der Waals surface area contributed by atoms with Crippen LogP contribution in [-0.4, -0.2) is 27.2 Å². The van der Waals surface area contributed by atoms with Crippen LogP contribution in [0.15, 0.2) is 60.8 Å². The zero-order chi connectivity index (χ0) is 19.3. The molecule has 0 N–H and O–H groups in total. The van der Waals surface area contributed by atoms with E-state index in [1.165, 1.54) is 5.56 Å². The lowest BCUT2D eigenvalue weighted by Crippen LogP contribution is -2.29. The molecule has 3 heterocycles. The highest BCUT2D eigenvalue weighted by molar-refractivity contribution is 6.39. The summed E-state index contributed by atoms with van der Waals surface area (Å²) in [5.74, 6) is -0.129. The van der Waals surface area contributed by atoms with Gasteiger partial charge in [0.1, 0.15) is 0 Å². The van der Waals surface area contributed by atoms with Gasteiger partial charge in [-0.1, -0.05) is 48.0 Å². The van der Waals surface area contributed by atoms with Gasteiger partial charge >= 0.3 is 0 Å². The third kappa shape index (κ3) is 2.51. The van der Waals surface area contributed by atoms with Crippen molar-refractivity contribution in [3.63, 3.8) is 0 Å². The second kappa shape index (κ2) is 6.46. The molecule has 2 aromatic heterocycles. The summed E-state index contributed by atoms with van der Waals surface area (Å²) < 4.78 is 1.76. The van der Waals surface area contributed by atoms with E-state index < -0.39 is 0 Å². The van der Waals surface area contributed by atoms with Gasteiger partial charge in [-0.3, -0.25) is 4.79 Å². The van der Waals surface area contributed by atoms with E-state index in [4.69, 9.17) is 11.6 Å². The van der Waals surface area contributed by atoms with Crippen LogP contribution in [0.1, 0.15) is 21.6 Å². The Morgan fingerprint density at radius 2 is 1.82 bits per heavy atom. The molecule has 5 rings (SSSR count). The first-order valence-corrected chi connectivity index (χ1v) is 9.52. The van der Waals surface area contributed by atoms with Crippen molar-refractivity contribution in [2.45, 2.75) is 13.3 Å². The number of carbonyl (C=O) groups is 1. The van der Waals surface area contributed by atoms with Crippen LogP contribution in [0.3, 0.4) is 0 Å². The quantitative estimate of drug-likeness (QED) is 0.505. The van der Waals surface area contributed by atoms with Gasteiger partial charge < -0.3 is 4.90 Å². The Balaban J connectivity index is 1.62. The summed E-state index contributed by atoms with van der Waals surface area (Å²) in [6.45, 7) is 2.53. The summed E-state index contributed by atoms with van der Waals surface area (Å²) in [4.78, 5) is 19.6. The van der Waals surface area contributed by atoms with E-state index in [0.717, 1.165) is 23.5 Å². The highest BCUT2D eigenvalue weighted by atomic mass is 35.5. The molecule has 2 aromatic carbocycles. The summed E-state index contributed by atoms with van der Waals surface area (Å²) >= 11 is 6.71. The lowest BCUT2D eigenvalue weighted by molar-refractivity contribution is 0.0989. The number of amides is 1. The van der Waals surface area contributed by atoms with E-state index in [1.54, 1.807) is 15.8 Å². The number of rotatable bonds is 2. The molecule has 1 aliphatic rings. The molecule has 1 aliphatic heterocycles.